The summed E-state index contributed by atoms with van der Waals surface area (Å²) in [6.07, 6.45) is 0. The van der Waals surface area contributed by atoms with E-state index in [1.165, 1.54) is 0 Å². The third kappa shape index (κ3) is 3.63. The first-order chi connectivity index (χ1) is 6.88. The van der Waals surface area contributed by atoms with Gasteiger partial charge in [0.2, 0.25) is 0 Å². The summed E-state index contributed by atoms with van der Waals surface area (Å²) in [5.41, 5.74) is 0. The zero-order valence-corrected chi connectivity index (χ0v) is 10.3. The minimum absolute atomic E-state index is 0. The summed E-state index contributed by atoms with van der Waals surface area (Å²) in [6, 6.07) is 0. The normalized spacial score (nSPS) is 24.5. The van der Waals surface area contributed by atoms with E-state index in [1.807, 2.05) is 9.34 Å². The van der Waals surface area contributed by atoms with Crippen LogP contribution in [-0.2, 0) is 14.0 Å². The fourth-order valence-corrected chi connectivity index (χ4v) is 3.00. The van der Waals surface area contributed by atoms with E-state index in [1.54, 1.807) is 0 Å². The largest absolute Gasteiger partial charge is 0.537 e. The van der Waals surface area contributed by atoms with Crippen molar-refractivity contribution < 1.29 is 14.0 Å². The van der Waals surface area contributed by atoms with E-state index in [4.69, 9.17) is 9.47 Å². The van der Waals surface area contributed by atoms with Crippen LogP contribution in [-0.4, -0.2) is 61.9 Å². The second-order valence-corrected chi connectivity index (χ2v) is 5.02. The van der Waals surface area contributed by atoms with Gasteiger partial charge in [0.15, 0.2) is 0 Å². The molecule has 0 unspecified atom stereocenters. The quantitative estimate of drug-likeness (QED) is 0.681. The molecule has 0 radical (unpaired) electrons. The molecule has 0 aromatic carbocycles. The standard InChI is InChI=1S/C8H16N2O3P.ClH/c11-14(9-1-5-12-6-2-9)10-3-7-13-8-4-10;/h1-8H2;1H/q+1;. The molecule has 0 saturated carbocycles. The van der Waals surface area contributed by atoms with E-state index < -0.39 is 8.10 Å². The predicted molar refractivity (Wildman–Crippen MR) is 59.6 cm³/mol. The molecule has 0 amide bonds. The molecule has 15 heavy (non-hydrogen) atoms. The van der Waals surface area contributed by atoms with Crippen molar-refractivity contribution in [3.8, 4) is 0 Å². The van der Waals surface area contributed by atoms with Crippen LogP contribution in [0.1, 0.15) is 0 Å². The molecule has 2 fully saturated rings. The van der Waals surface area contributed by atoms with Crippen LogP contribution in [0.5, 0.6) is 0 Å². The SMILES string of the molecule is Cl.O=[P+](N1CCOCC1)N1CCOCC1. The van der Waals surface area contributed by atoms with E-state index in [-0.39, 0.29) is 12.4 Å². The fourth-order valence-electron chi connectivity index (χ4n) is 1.63. The van der Waals surface area contributed by atoms with Gasteiger partial charge >= 0.3 is 8.10 Å². The average molecular weight is 256 g/mol. The number of ether oxygens (including phenoxy) is 2. The third-order valence-corrected chi connectivity index (χ3v) is 4.23. The Morgan fingerprint density at radius 1 is 0.800 bits per heavy atom. The summed E-state index contributed by atoms with van der Waals surface area (Å²) < 4.78 is 26.5. The zero-order valence-electron chi connectivity index (χ0n) is 8.63. The van der Waals surface area contributed by atoms with Gasteiger partial charge in [-0.3, -0.25) is 0 Å². The predicted octanol–water partition coefficient (Wildman–Crippen LogP) is 0.730. The van der Waals surface area contributed by atoms with Crippen molar-refractivity contribution in [1.29, 1.82) is 0 Å². The first-order valence-electron chi connectivity index (χ1n) is 5.00. The molecule has 7 heteroatoms. The van der Waals surface area contributed by atoms with Gasteiger partial charge in [0.25, 0.3) is 0 Å². The van der Waals surface area contributed by atoms with E-state index in [9.17, 15) is 4.57 Å². The lowest BCUT2D eigenvalue weighted by atomic mass is 10.5. The maximum atomic E-state index is 12.0. The summed E-state index contributed by atoms with van der Waals surface area (Å²) in [5.74, 6) is 0. The van der Waals surface area contributed by atoms with Crippen molar-refractivity contribution in [2.45, 2.75) is 0 Å². The number of hydrogen-bond donors (Lipinski definition) is 0. The lowest BCUT2D eigenvalue weighted by Gasteiger charge is -2.23. The summed E-state index contributed by atoms with van der Waals surface area (Å²) >= 11 is 0. The highest BCUT2D eigenvalue weighted by Gasteiger charge is 2.37. The van der Waals surface area contributed by atoms with Gasteiger partial charge in [-0.15, -0.1) is 12.4 Å². The van der Waals surface area contributed by atoms with Gasteiger partial charge in [-0.05, 0) is 4.57 Å². The molecule has 2 saturated heterocycles. The molecule has 0 bridgehead atoms. The summed E-state index contributed by atoms with van der Waals surface area (Å²) in [7, 11) is -1.36. The van der Waals surface area contributed by atoms with Crippen LogP contribution >= 0.6 is 20.5 Å². The molecule has 2 rings (SSSR count). The lowest BCUT2D eigenvalue weighted by Crippen LogP contribution is -2.38. The fraction of sp³-hybridized carbons (Fsp3) is 1.00. The van der Waals surface area contributed by atoms with Crippen LogP contribution in [0, 0.1) is 0 Å². The Morgan fingerprint density at radius 2 is 1.13 bits per heavy atom. The van der Waals surface area contributed by atoms with Crippen LogP contribution in [0.2, 0.25) is 0 Å². The molecule has 0 spiro atoms. The topological polar surface area (TPSA) is 42.0 Å². The van der Waals surface area contributed by atoms with Gasteiger partial charge in [0.1, 0.15) is 0 Å². The Morgan fingerprint density at radius 3 is 1.47 bits per heavy atom. The van der Waals surface area contributed by atoms with Gasteiger partial charge < -0.3 is 9.47 Å². The first-order valence-corrected chi connectivity index (χ1v) is 6.17. The van der Waals surface area contributed by atoms with Crippen molar-refractivity contribution >= 4 is 20.5 Å². The Bertz CT molecular complexity index is 188. The summed E-state index contributed by atoms with van der Waals surface area (Å²) in [6.45, 7) is 5.94. The number of rotatable bonds is 2. The molecule has 5 nitrogen and oxygen atoms in total. The maximum Gasteiger partial charge on any atom is 0.537 e. The first kappa shape index (κ1) is 13.3. The van der Waals surface area contributed by atoms with Gasteiger partial charge in [0, 0.05) is 0 Å². The Balaban J connectivity index is 0.00000112. The number of morpholine rings is 2. The van der Waals surface area contributed by atoms with Crippen molar-refractivity contribution in [3.05, 3.63) is 0 Å². The number of halogens is 1. The molecule has 2 aliphatic heterocycles. The highest BCUT2D eigenvalue weighted by molar-refractivity contribution is 7.39. The van der Waals surface area contributed by atoms with Crippen LogP contribution in [0.4, 0.5) is 0 Å². The molecule has 0 aromatic heterocycles. The van der Waals surface area contributed by atoms with Crippen molar-refractivity contribution in [3.63, 3.8) is 0 Å². The lowest BCUT2D eigenvalue weighted by molar-refractivity contribution is 0.0560. The van der Waals surface area contributed by atoms with Crippen molar-refractivity contribution in [2.75, 3.05) is 52.6 Å². The van der Waals surface area contributed by atoms with E-state index in [0.29, 0.717) is 26.4 Å². The monoisotopic (exact) mass is 255 g/mol. The third-order valence-electron chi connectivity index (χ3n) is 2.46. The van der Waals surface area contributed by atoms with Crippen molar-refractivity contribution in [2.24, 2.45) is 0 Å². The van der Waals surface area contributed by atoms with E-state index in [2.05, 4.69) is 0 Å². The van der Waals surface area contributed by atoms with E-state index >= 15 is 0 Å². The second-order valence-electron chi connectivity index (χ2n) is 3.38. The number of nitrogens with zero attached hydrogens (tertiary/aromatic N) is 2. The minimum atomic E-state index is -1.36. The van der Waals surface area contributed by atoms with Crippen LogP contribution < -0.4 is 0 Å². The molecular formula is C8H17ClN2O3P+. The summed E-state index contributed by atoms with van der Waals surface area (Å²) in [5, 5.41) is 0. The van der Waals surface area contributed by atoms with Crippen LogP contribution in [0.15, 0.2) is 0 Å². The Hall–Kier alpha value is 0.230. The van der Waals surface area contributed by atoms with E-state index in [0.717, 1.165) is 26.2 Å². The highest BCUT2D eigenvalue weighted by Crippen LogP contribution is 2.32. The summed E-state index contributed by atoms with van der Waals surface area (Å²) in [4.78, 5) is 0. The van der Waals surface area contributed by atoms with Gasteiger partial charge in [-0.25, -0.2) is 0 Å². The molecule has 0 aliphatic carbocycles. The number of hydrogen-bond acceptors (Lipinski definition) is 3. The second kappa shape index (κ2) is 6.74. The van der Waals surface area contributed by atoms with Crippen LogP contribution in [0.25, 0.3) is 0 Å². The molecule has 2 heterocycles. The molecule has 2 aliphatic rings. The minimum Gasteiger partial charge on any atom is -0.378 e. The van der Waals surface area contributed by atoms with Crippen LogP contribution in [0.3, 0.4) is 0 Å². The molecule has 0 aromatic rings. The highest BCUT2D eigenvalue weighted by atomic mass is 35.5. The average Bonchev–Trinajstić information content (AvgIpc) is 2.30. The molecule has 88 valence electrons. The Kier molecular flexibility index (Phi) is 5.97. The maximum absolute atomic E-state index is 12.0. The Labute approximate surface area is 97.0 Å². The smallest absolute Gasteiger partial charge is 0.378 e. The van der Waals surface area contributed by atoms with Gasteiger partial charge in [0.05, 0.1) is 52.6 Å². The van der Waals surface area contributed by atoms with Gasteiger partial charge in [-0.2, -0.15) is 0 Å². The molecule has 0 atom stereocenters. The zero-order chi connectivity index (χ0) is 9.80. The molecule has 0 N–H and O–H groups in total. The van der Waals surface area contributed by atoms with Gasteiger partial charge in [-0.1, -0.05) is 9.34 Å². The van der Waals surface area contributed by atoms with Crippen molar-refractivity contribution in [1.82, 2.24) is 9.34 Å². The molecular weight excluding hydrogens is 239 g/mol.